The maximum absolute atomic E-state index is 5.82. The molecule has 2 saturated heterocycles. The summed E-state index contributed by atoms with van der Waals surface area (Å²) in [6.45, 7) is 6.54. The molecule has 0 aliphatic carbocycles. The first kappa shape index (κ1) is 11.7. The van der Waals surface area contributed by atoms with E-state index < -0.39 is 0 Å². The van der Waals surface area contributed by atoms with Crippen LogP contribution in [0.25, 0.3) is 0 Å². The number of nitrogens with two attached hydrogens (primary N) is 1. The van der Waals surface area contributed by atoms with Gasteiger partial charge in [-0.2, -0.15) is 0 Å². The van der Waals surface area contributed by atoms with Crippen molar-refractivity contribution >= 4 is 11.6 Å². The summed E-state index contributed by atoms with van der Waals surface area (Å²) in [6.07, 6.45) is 3.86. The molecule has 5 nitrogen and oxygen atoms in total. The molecule has 2 aliphatic heterocycles. The van der Waals surface area contributed by atoms with Gasteiger partial charge in [0.1, 0.15) is 17.5 Å². The standard InChI is InChI=1S/C13H21N5/c1-10-15-12(14)8-13(16-10)18-7-3-6-17-5-2-4-11(17)9-18/h8,11H,2-7,9H2,1H3,(H2,14,15,16). The highest BCUT2D eigenvalue weighted by Crippen LogP contribution is 2.24. The van der Waals surface area contributed by atoms with Gasteiger partial charge in [0.2, 0.25) is 0 Å². The van der Waals surface area contributed by atoms with Crippen LogP contribution in [0.15, 0.2) is 6.07 Å². The van der Waals surface area contributed by atoms with Crippen molar-refractivity contribution in [3.63, 3.8) is 0 Å². The van der Waals surface area contributed by atoms with Crippen LogP contribution in [0.1, 0.15) is 25.1 Å². The Morgan fingerprint density at radius 3 is 2.89 bits per heavy atom. The van der Waals surface area contributed by atoms with Crippen molar-refractivity contribution in [2.45, 2.75) is 32.2 Å². The normalized spacial score (nSPS) is 24.9. The summed E-state index contributed by atoms with van der Waals surface area (Å²) in [4.78, 5) is 13.7. The molecule has 3 rings (SSSR count). The van der Waals surface area contributed by atoms with E-state index in [4.69, 9.17) is 5.73 Å². The van der Waals surface area contributed by atoms with Crippen LogP contribution in [-0.2, 0) is 0 Å². The molecule has 98 valence electrons. The fraction of sp³-hybridized carbons (Fsp3) is 0.692. The number of hydrogen-bond acceptors (Lipinski definition) is 5. The molecule has 1 aromatic heterocycles. The maximum Gasteiger partial charge on any atom is 0.134 e. The molecule has 2 fully saturated rings. The van der Waals surface area contributed by atoms with Gasteiger partial charge in [0.25, 0.3) is 0 Å². The van der Waals surface area contributed by atoms with E-state index >= 15 is 0 Å². The van der Waals surface area contributed by atoms with Gasteiger partial charge in [-0.05, 0) is 32.7 Å². The zero-order valence-corrected chi connectivity index (χ0v) is 11.0. The average molecular weight is 247 g/mol. The SMILES string of the molecule is Cc1nc(N)cc(N2CCCN3CCCC3C2)n1. The molecule has 0 spiro atoms. The number of rotatable bonds is 1. The van der Waals surface area contributed by atoms with E-state index in [9.17, 15) is 0 Å². The predicted molar refractivity (Wildman–Crippen MR) is 72.6 cm³/mol. The minimum absolute atomic E-state index is 0.574. The zero-order valence-electron chi connectivity index (χ0n) is 11.0. The van der Waals surface area contributed by atoms with Crippen molar-refractivity contribution in [2.75, 3.05) is 36.8 Å². The summed E-state index contributed by atoms with van der Waals surface area (Å²) in [6, 6.07) is 2.60. The van der Waals surface area contributed by atoms with Crippen molar-refractivity contribution in [2.24, 2.45) is 0 Å². The first-order chi connectivity index (χ1) is 8.72. The lowest BCUT2D eigenvalue weighted by Crippen LogP contribution is -2.37. The molecular formula is C13H21N5. The Labute approximate surface area is 108 Å². The highest BCUT2D eigenvalue weighted by atomic mass is 15.3. The van der Waals surface area contributed by atoms with Gasteiger partial charge in [-0.1, -0.05) is 0 Å². The molecule has 1 atom stereocenters. The Hall–Kier alpha value is -1.36. The summed E-state index contributed by atoms with van der Waals surface area (Å²) in [5.41, 5.74) is 5.82. The second-order valence-electron chi connectivity index (χ2n) is 5.33. The van der Waals surface area contributed by atoms with Crippen LogP contribution in [0.5, 0.6) is 0 Å². The lowest BCUT2D eigenvalue weighted by atomic mass is 10.2. The molecule has 3 heterocycles. The van der Waals surface area contributed by atoms with E-state index in [0.717, 1.165) is 24.7 Å². The zero-order chi connectivity index (χ0) is 12.5. The monoisotopic (exact) mass is 247 g/mol. The number of anilines is 2. The van der Waals surface area contributed by atoms with Crippen molar-refractivity contribution in [3.8, 4) is 0 Å². The molecular weight excluding hydrogens is 226 g/mol. The van der Waals surface area contributed by atoms with Crippen molar-refractivity contribution in [1.82, 2.24) is 14.9 Å². The molecule has 2 aliphatic rings. The highest BCUT2D eigenvalue weighted by Gasteiger charge is 2.29. The summed E-state index contributed by atoms with van der Waals surface area (Å²) < 4.78 is 0. The third-order valence-electron chi connectivity index (χ3n) is 3.97. The highest BCUT2D eigenvalue weighted by molar-refractivity contribution is 5.47. The second kappa shape index (κ2) is 4.72. The largest absolute Gasteiger partial charge is 0.384 e. The third kappa shape index (κ3) is 2.27. The Morgan fingerprint density at radius 1 is 1.22 bits per heavy atom. The average Bonchev–Trinajstić information content (AvgIpc) is 2.65. The minimum Gasteiger partial charge on any atom is -0.384 e. The van der Waals surface area contributed by atoms with Gasteiger partial charge in [0, 0.05) is 31.7 Å². The molecule has 2 N–H and O–H groups in total. The fourth-order valence-electron chi connectivity index (χ4n) is 3.15. The van der Waals surface area contributed by atoms with E-state index in [1.54, 1.807) is 0 Å². The topological polar surface area (TPSA) is 58.3 Å². The van der Waals surface area contributed by atoms with Gasteiger partial charge in [0.15, 0.2) is 0 Å². The molecule has 0 amide bonds. The first-order valence-corrected chi connectivity index (χ1v) is 6.82. The van der Waals surface area contributed by atoms with Gasteiger partial charge < -0.3 is 10.6 Å². The molecule has 18 heavy (non-hydrogen) atoms. The van der Waals surface area contributed by atoms with Crippen LogP contribution in [0.3, 0.4) is 0 Å². The van der Waals surface area contributed by atoms with Crippen molar-refractivity contribution in [3.05, 3.63) is 11.9 Å². The molecule has 0 saturated carbocycles. The number of aromatic nitrogens is 2. The molecule has 0 aromatic carbocycles. The van der Waals surface area contributed by atoms with Crippen molar-refractivity contribution in [1.29, 1.82) is 0 Å². The molecule has 0 bridgehead atoms. The number of aryl methyl sites for hydroxylation is 1. The first-order valence-electron chi connectivity index (χ1n) is 6.82. The van der Waals surface area contributed by atoms with Crippen LogP contribution in [0.2, 0.25) is 0 Å². The number of nitrogens with zero attached hydrogens (tertiary/aromatic N) is 4. The molecule has 5 heteroatoms. The molecule has 1 unspecified atom stereocenters. The van der Waals surface area contributed by atoms with Crippen LogP contribution in [0, 0.1) is 6.92 Å². The lowest BCUT2D eigenvalue weighted by molar-refractivity contribution is 0.273. The van der Waals surface area contributed by atoms with Gasteiger partial charge in [-0.15, -0.1) is 0 Å². The summed E-state index contributed by atoms with van der Waals surface area (Å²) in [5, 5.41) is 0. The van der Waals surface area contributed by atoms with Crippen molar-refractivity contribution < 1.29 is 0 Å². The van der Waals surface area contributed by atoms with Gasteiger partial charge in [-0.3, -0.25) is 4.90 Å². The summed E-state index contributed by atoms with van der Waals surface area (Å²) >= 11 is 0. The molecule has 1 aromatic rings. The Morgan fingerprint density at radius 2 is 2.06 bits per heavy atom. The Bertz CT molecular complexity index is 413. The summed E-state index contributed by atoms with van der Waals surface area (Å²) in [7, 11) is 0. The number of hydrogen-bond donors (Lipinski definition) is 1. The van der Waals surface area contributed by atoms with E-state index in [1.807, 2.05) is 13.0 Å². The lowest BCUT2D eigenvalue weighted by Gasteiger charge is -2.26. The van der Waals surface area contributed by atoms with Gasteiger partial charge in [-0.25, -0.2) is 9.97 Å². The van der Waals surface area contributed by atoms with Gasteiger partial charge >= 0.3 is 0 Å². The quantitative estimate of drug-likeness (QED) is 0.803. The van der Waals surface area contributed by atoms with Crippen LogP contribution >= 0.6 is 0 Å². The van der Waals surface area contributed by atoms with E-state index in [-0.39, 0.29) is 0 Å². The second-order valence-corrected chi connectivity index (χ2v) is 5.33. The Kier molecular flexibility index (Phi) is 3.07. The van der Waals surface area contributed by atoms with E-state index in [2.05, 4.69) is 19.8 Å². The van der Waals surface area contributed by atoms with Crippen LogP contribution < -0.4 is 10.6 Å². The van der Waals surface area contributed by atoms with E-state index in [0.29, 0.717) is 11.9 Å². The molecule has 0 radical (unpaired) electrons. The van der Waals surface area contributed by atoms with Crippen LogP contribution in [0.4, 0.5) is 11.6 Å². The van der Waals surface area contributed by atoms with E-state index in [1.165, 1.54) is 32.4 Å². The fourth-order valence-corrected chi connectivity index (χ4v) is 3.15. The number of fused-ring (bicyclic) bond motifs is 1. The smallest absolute Gasteiger partial charge is 0.134 e. The van der Waals surface area contributed by atoms with Gasteiger partial charge in [0.05, 0.1) is 0 Å². The Balaban J connectivity index is 1.82. The predicted octanol–water partition coefficient (Wildman–Crippen LogP) is 1.04. The summed E-state index contributed by atoms with van der Waals surface area (Å²) in [5.74, 6) is 2.33. The maximum atomic E-state index is 5.82. The van der Waals surface area contributed by atoms with Crippen LogP contribution in [-0.4, -0.2) is 47.1 Å². The third-order valence-corrected chi connectivity index (χ3v) is 3.97. The minimum atomic E-state index is 0.574. The number of nitrogen functional groups attached to an aromatic ring is 1.